The lowest BCUT2D eigenvalue weighted by atomic mass is 10.3. The molecule has 6 nitrogen and oxygen atoms in total. The number of anilines is 1. The van der Waals surface area contributed by atoms with E-state index < -0.39 is 5.97 Å². The van der Waals surface area contributed by atoms with Crippen LogP contribution in [0.5, 0.6) is 0 Å². The molecule has 0 spiro atoms. The predicted octanol–water partition coefficient (Wildman–Crippen LogP) is 2.28. The molecule has 2 aromatic rings. The van der Waals surface area contributed by atoms with Crippen LogP contribution in [0, 0.1) is 6.92 Å². The lowest BCUT2D eigenvalue weighted by Gasteiger charge is -2.03. The van der Waals surface area contributed by atoms with Gasteiger partial charge in [0.2, 0.25) is 5.01 Å². The normalized spacial score (nSPS) is 10.1. The summed E-state index contributed by atoms with van der Waals surface area (Å²) in [7, 11) is 0. The molecular formula is C13H13N3O3S. The van der Waals surface area contributed by atoms with Gasteiger partial charge in [0.05, 0.1) is 6.61 Å². The molecule has 0 aliphatic carbocycles. The Morgan fingerprint density at radius 3 is 2.95 bits per heavy atom. The van der Waals surface area contributed by atoms with Crippen molar-refractivity contribution in [2.24, 2.45) is 0 Å². The molecule has 0 aliphatic rings. The number of nitrogens with zero attached hydrogens (tertiary/aromatic N) is 2. The summed E-state index contributed by atoms with van der Waals surface area (Å²) in [5.74, 6) is -0.890. The van der Waals surface area contributed by atoms with E-state index >= 15 is 0 Å². The van der Waals surface area contributed by atoms with Crippen LogP contribution >= 0.6 is 11.3 Å². The molecule has 0 aliphatic heterocycles. The summed E-state index contributed by atoms with van der Waals surface area (Å²) in [6, 6.07) is 3.43. The number of amides is 1. The fourth-order valence-corrected chi connectivity index (χ4v) is 2.17. The van der Waals surface area contributed by atoms with Crippen molar-refractivity contribution < 1.29 is 14.3 Å². The minimum Gasteiger partial charge on any atom is -0.461 e. The number of hydrogen-bond donors (Lipinski definition) is 1. The van der Waals surface area contributed by atoms with Crippen LogP contribution in [0.4, 0.5) is 5.69 Å². The summed E-state index contributed by atoms with van der Waals surface area (Å²) in [4.78, 5) is 31.5. The Labute approximate surface area is 119 Å². The highest BCUT2D eigenvalue weighted by molar-refractivity contribution is 7.11. The molecule has 0 saturated heterocycles. The summed E-state index contributed by atoms with van der Waals surface area (Å²) < 4.78 is 4.82. The van der Waals surface area contributed by atoms with Gasteiger partial charge in [-0.3, -0.25) is 9.78 Å². The molecule has 0 unspecified atom stereocenters. The number of aryl methyl sites for hydroxylation is 1. The largest absolute Gasteiger partial charge is 0.461 e. The molecule has 0 aromatic carbocycles. The van der Waals surface area contributed by atoms with Crippen molar-refractivity contribution in [1.82, 2.24) is 9.97 Å². The molecule has 104 valence electrons. The smallest absolute Gasteiger partial charge is 0.367 e. The Morgan fingerprint density at radius 2 is 2.25 bits per heavy atom. The van der Waals surface area contributed by atoms with Crippen LogP contribution in [-0.4, -0.2) is 28.5 Å². The minimum atomic E-state index is -0.517. The summed E-state index contributed by atoms with van der Waals surface area (Å²) in [5.41, 5.74) is 1.62. The van der Waals surface area contributed by atoms with Crippen LogP contribution in [0.15, 0.2) is 23.7 Å². The van der Waals surface area contributed by atoms with E-state index in [1.807, 2.05) is 6.92 Å². The molecule has 1 amide bonds. The average Bonchev–Trinajstić information content (AvgIpc) is 2.88. The number of nitrogens with one attached hydrogen (secondary N) is 1. The van der Waals surface area contributed by atoms with Crippen molar-refractivity contribution in [2.45, 2.75) is 13.8 Å². The monoisotopic (exact) mass is 291 g/mol. The molecule has 7 heteroatoms. The van der Waals surface area contributed by atoms with Crippen LogP contribution in [0.25, 0.3) is 0 Å². The van der Waals surface area contributed by atoms with E-state index in [1.165, 1.54) is 5.38 Å². The molecule has 0 saturated carbocycles. The van der Waals surface area contributed by atoms with Crippen LogP contribution in [0.2, 0.25) is 0 Å². The standard InChI is InChI=1S/C13H13N3O3S/c1-3-19-13(18)12-16-10(7-20-12)11(17)15-9-4-5-14-8(2)6-9/h4-7H,3H2,1-2H3,(H,14,15,17). The van der Waals surface area contributed by atoms with Gasteiger partial charge in [0.25, 0.3) is 5.91 Å². The van der Waals surface area contributed by atoms with Crippen LogP contribution in [0.1, 0.15) is 32.9 Å². The molecule has 0 bridgehead atoms. The van der Waals surface area contributed by atoms with E-state index in [0.29, 0.717) is 5.69 Å². The Morgan fingerprint density at radius 1 is 1.45 bits per heavy atom. The van der Waals surface area contributed by atoms with Crippen molar-refractivity contribution in [3.8, 4) is 0 Å². The number of aromatic nitrogens is 2. The van der Waals surface area contributed by atoms with Gasteiger partial charge in [-0.25, -0.2) is 9.78 Å². The highest BCUT2D eigenvalue weighted by Gasteiger charge is 2.16. The van der Waals surface area contributed by atoms with Gasteiger partial charge >= 0.3 is 5.97 Å². The second-order valence-corrected chi connectivity index (χ2v) is 4.76. The van der Waals surface area contributed by atoms with E-state index in [4.69, 9.17) is 4.74 Å². The van der Waals surface area contributed by atoms with Gasteiger partial charge in [0.15, 0.2) is 0 Å². The van der Waals surface area contributed by atoms with Crippen LogP contribution in [-0.2, 0) is 4.74 Å². The quantitative estimate of drug-likeness (QED) is 0.874. The number of hydrogen-bond acceptors (Lipinski definition) is 6. The first-order valence-electron chi connectivity index (χ1n) is 5.97. The lowest BCUT2D eigenvalue weighted by molar-refractivity contribution is 0.0526. The van der Waals surface area contributed by atoms with Crippen molar-refractivity contribution in [3.63, 3.8) is 0 Å². The zero-order valence-corrected chi connectivity index (χ0v) is 11.9. The molecule has 2 rings (SSSR count). The van der Waals surface area contributed by atoms with E-state index in [0.717, 1.165) is 17.0 Å². The first-order chi connectivity index (χ1) is 9.60. The number of ether oxygens (including phenoxy) is 1. The maximum absolute atomic E-state index is 12.0. The summed E-state index contributed by atoms with van der Waals surface area (Å²) in [5, 5.41) is 4.39. The zero-order chi connectivity index (χ0) is 14.5. The van der Waals surface area contributed by atoms with E-state index in [9.17, 15) is 9.59 Å². The number of esters is 1. The van der Waals surface area contributed by atoms with Gasteiger partial charge < -0.3 is 10.1 Å². The highest BCUT2D eigenvalue weighted by Crippen LogP contribution is 2.14. The second kappa shape index (κ2) is 6.25. The van der Waals surface area contributed by atoms with Gasteiger partial charge in [0.1, 0.15) is 5.69 Å². The molecule has 2 aromatic heterocycles. The van der Waals surface area contributed by atoms with Crippen molar-refractivity contribution in [2.75, 3.05) is 11.9 Å². The third kappa shape index (κ3) is 3.39. The zero-order valence-electron chi connectivity index (χ0n) is 11.0. The highest BCUT2D eigenvalue weighted by atomic mass is 32.1. The van der Waals surface area contributed by atoms with Gasteiger partial charge in [-0.05, 0) is 26.0 Å². The fraction of sp³-hybridized carbons (Fsp3) is 0.231. The second-order valence-electron chi connectivity index (χ2n) is 3.90. The van der Waals surface area contributed by atoms with Crippen molar-refractivity contribution in [3.05, 3.63) is 40.1 Å². The molecule has 1 N–H and O–H groups in total. The number of thiazole rings is 1. The Balaban J connectivity index is 2.08. The van der Waals surface area contributed by atoms with Gasteiger partial charge in [0, 0.05) is 23.0 Å². The number of carbonyl (C=O) groups is 2. The Kier molecular flexibility index (Phi) is 4.41. The number of pyridine rings is 1. The summed E-state index contributed by atoms with van der Waals surface area (Å²) in [6.07, 6.45) is 1.61. The van der Waals surface area contributed by atoms with E-state index in [1.54, 1.807) is 25.3 Å². The fourth-order valence-electron chi connectivity index (χ4n) is 1.48. The summed E-state index contributed by atoms with van der Waals surface area (Å²) in [6.45, 7) is 3.82. The van der Waals surface area contributed by atoms with E-state index in [2.05, 4.69) is 15.3 Å². The topological polar surface area (TPSA) is 81.2 Å². The molecule has 0 atom stereocenters. The lowest BCUT2D eigenvalue weighted by Crippen LogP contribution is -2.13. The van der Waals surface area contributed by atoms with Crippen LogP contribution < -0.4 is 5.32 Å². The van der Waals surface area contributed by atoms with Crippen molar-refractivity contribution in [1.29, 1.82) is 0 Å². The molecule has 20 heavy (non-hydrogen) atoms. The number of carbonyl (C=O) groups excluding carboxylic acids is 2. The third-order valence-electron chi connectivity index (χ3n) is 2.34. The maximum Gasteiger partial charge on any atom is 0.367 e. The molecular weight excluding hydrogens is 278 g/mol. The predicted molar refractivity (Wildman–Crippen MR) is 75.0 cm³/mol. The summed E-state index contributed by atoms with van der Waals surface area (Å²) >= 11 is 1.08. The maximum atomic E-state index is 12.0. The van der Waals surface area contributed by atoms with Gasteiger partial charge in [-0.1, -0.05) is 0 Å². The minimum absolute atomic E-state index is 0.169. The molecule has 2 heterocycles. The average molecular weight is 291 g/mol. The van der Waals surface area contributed by atoms with Crippen LogP contribution in [0.3, 0.4) is 0 Å². The van der Waals surface area contributed by atoms with Gasteiger partial charge in [-0.2, -0.15) is 0 Å². The number of rotatable bonds is 4. The molecule has 0 fully saturated rings. The van der Waals surface area contributed by atoms with Crippen molar-refractivity contribution >= 4 is 28.9 Å². The SMILES string of the molecule is CCOC(=O)c1nc(C(=O)Nc2ccnc(C)c2)cs1. The Hall–Kier alpha value is -2.28. The Bertz CT molecular complexity index is 639. The molecule has 0 radical (unpaired) electrons. The van der Waals surface area contributed by atoms with Gasteiger partial charge in [-0.15, -0.1) is 11.3 Å². The first kappa shape index (κ1) is 14.1. The first-order valence-corrected chi connectivity index (χ1v) is 6.84. The third-order valence-corrected chi connectivity index (χ3v) is 3.16. The van der Waals surface area contributed by atoms with E-state index in [-0.39, 0.29) is 23.2 Å².